The van der Waals surface area contributed by atoms with Crippen LogP contribution < -0.4 is 15.0 Å². The number of hydrogen-bond acceptors (Lipinski definition) is 4. The molecule has 1 fully saturated rings. The van der Waals surface area contributed by atoms with Gasteiger partial charge in [0.2, 0.25) is 0 Å². The molecule has 2 heterocycles. The molecular weight excluding hydrogens is 290 g/mol. The third-order valence-corrected chi connectivity index (χ3v) is 3.86. The first-order chi connectivity index (χ1) is 11.3. The van der Waals surface area contributed by atoms with Gasteiger partial charge >= 0.3 is 0 Å². The molecule has 1 aromatic heterocycles. The maximum atomic E-state index is 12.4. The first-order valence-corrected chi connectivity index (χ1v) is 8.01. The number of carbonyl (C=O) groups is 1. The zero-order chi connectivity index (χ0) is 16.1. The van der Waals surface area contributed by atoms with Crippen LogP contribution in [0, 0.1) is 0 Å². The van der Waals surface area contributed by atoms with E-state index in [1.807, 2.05) is 37.3 Å². The summed E-state index contributed by atoms with van der Waals surface area (Å²) in [5, 5.41) is 2.90. The van der Waals surface area contributed by atoms with Crippen molar-refractivity contribution in [2.24, 2.45) is 0 Å². The van der Waals surface area contributed by atoms with Crippen molar-refractivity contribution >= 4 is 17.4 Å². The van der Waals surface area contributed by atoms with E-state index in [9.17, 15) is 4.79 Å². The molecule has 0 atom stereocenters. The highest BCUT2D eigenvalue weighted by Crippen LogP contribution is 2.20. The molecular formula is C18H21N3O2. The monoisotopic (exact) mass is 311 g/mol. The van der Waals surface area contributed by atoms with Crippen LogP contribution in [0.4, 0.5) is 11.5 Å². The number of nitrogens with one attached hydrogen (secondary N) is 1. The second-order valence-electron chi connectivity index (χ2n) is 5.51. The Balaban J connectivity index is 1.69. The summed E-state index contributed by atoms with van der Waals surface area (Å²) in [7, 11) is 0. The lowest BCUT2D eigenvalue weighted by Gasteiger charge is -2.16. The Morgan fingerprint density at radius 2 is 1.96 bits per heavy atom. The van der Waals surface area contributed by atoms with Gasteiger partial charge in [0.25, 0.3) is 5.91 Å². The first kappa shape index (κ1) is 15.3. The number of ether oxygens (including phenoxy) is 1. The molecule has 23 heavy (non-hydrogen) atoms. The molecule has 0 aliphatic carbocycles. The third kappa shape index (κ3) is 3.80. The number of carbonyl (C=O) groups excluding carboxylic acids is 1. The van der Waals surface area contributed by atoms with Crippen molar-refractivity contribution in [3.8, 4) is 5.75 Å². The molecule has 120 valence electrons. The molecule has 2 aromatic rings. The quantitative estimate of drug-likeness (QED) is 0.920. The Labute approximate surface area is 136 Å². The molecule has 3 rings (SSSR count). The second kappa shape index (κ2) is 7.13. The van der Waals surface area contributed by atoms with E-state index in [0.29, 0.717) is 12.2 Å². The number of anilines is 2. The van der Waals surface area contributed by atoms with Crippen LogP contribution in [0.1, 0.15) is 30.1 Å². The van der Waals surface area contributed by atoms with Crippen molar-refractivity contribution in [1.29, 1.82) is 0 Å². The van der Waals surface area contributed by atoms with Crippen LogP contribution in [-0.4, -0.2) is 30.6 Å². The maximum absolute atomic E-state index is 12.4. The van der Waals surface area contributed by atoms with Gasteiger partial charge in [-0.15, -0.1) is 0 Å². The lowest BCUT2D eigenvalue weighted by atomic mass is 10.2. The van der Waals surface area contributed by atoms with E-state index < -0.39 is 0 Å². The lowest BCUT2D eigenvalue weighted by Crippen LogP contribution is -2.20. The molecule has 1 aliphatic heterocycles. The predicted octanol–water partition coefficient (Wildman–Crippen LogP) is 3.33. The minimum Gasteiger partial charge on any atom is -0.494 e. The van der Waals surface area contributed by atoms with Gasteiger partial charge in [-0.1, -0.05) is 0 Å². The lowest BCUT2D eigenvalue weighted by molar-refractivity contribution is 0.102. The van der Waals surface area contributed by atoms with Crippen LogP contribution >= 0.6 is 0 Å². The fourth-order valence-electron chi connectivity index (χ4n) is 2.68. The average Bonchev–Trinajstić information content (AvgIpc) is 3.12. The number of hydrogen-bond donors (Lipinski definition) is 1. The van der Waals surface area contributed by atoms with Crippen LogP contribution in [0.2, 0.25) is 0 Å². The first-order valence-electron chi connectivity index (χ1n) is 8.01. The van der Waals surface area contributed by atoms with Crippen LogP contribution in [0.15, 0.2) is 42.6 Å². The standard InChI is InChI=1S/C18H21N3O2/c1-2-23-16-7-5-15(6-8-16)20-18(22)14-9-10-19-17(13-14)21-11-3-4-12-21/h5-10,13H,2-4,11-12H2,1H3,(H,20,22). The summed E-state index contributed by atoms with van der Waals surface area (Å²) >= 11 is 0. The summed E-state index contributed by atoms with van der Waals surface area (Å²) in [5.41, 5.74) is 1.37. The van der Waals surface area contributed by atoms with Crippen molar-refractivity contribution in [2.75, 3.05) is 29.9 Å². The number of aromatic nitrogens is 1. The van der Waals surface area contributed by atoms with Gasteiger partial charge < -0.3 is 15.0 Å². The molecule has 1 saturated heterocycles. The summed E-state index contributed by atoms with van der Waals surface area (Å²) in [6, 6.07) is 11.0. The van der Waals surface area contributed by atoms with Crippen LogP contribution in [0.5, 0.6) is 5.75 Å². The van der Waals surface area contributed by atoms with Crippen LogP contribution in [-0.2, 0) is 0 Å². The number of rotatable bonds is 5. The Morgan fingerprint density at radius 3 is 2.65 bits per heavy atom. The van der Waals surface area contributed by atoms with Gasteiger partial charge in [-0.05, 0) is 56.2 Å². The maximum Gasteiger partial charge on any atom is 0.255 e. The Morgan fingerprint density at radius 1 is 1.22 bits per heavy atom. The van der Waals surface area contributed by atoms with Crippen molar-refractivity contribution < 1.29 is 9.53 Å². The molecule has 0 unspecified atom stereocenters. The van der Waals surface area contributed by atoms with E-state index in [2.05, 4.69) is 15.2 Å². The topological polar surface area (TPSA) is 54.5 Å². The smallest absolute Gasteiger partial charge is 0.255 e. The Bertz CT molecular complexity index is 664. The van der Waals surface area contributed by atoms with Crippen molar-refractivity contribution in [1.82, 2.24) is 4.98 Å². The van der Waals surface area contributed by atoms with Gasteiger partial charge in [0, 0.05) is 30.5 Å². The van der Waals surface area contributed by atoms with Crippen molar-refractivity contribution in [2.45, 2.75) is 19.8 Å². The molecule has 0 spiro atoms. The summed E-state index contributed by atoms with van der Waals surface area (Å²) in [4.78, 5) is 19.0. The summed E-state index contributed by atoms with van der Waals surface area (Å²) in [6.45, 7) is 4.59. The Hall–Kier alpha value is -2.56. The SMILES string of the molecule is CCOc1ccc(NC(=O)c2ccnc(N3CCCC3)c2)cc1. The van der Waals surface area contributed by atoms with Crippen LogP contribution in [0.3, 0.4) is 0 Å². The van der Waals surface area contributed by atoms with Gasteiger partial charge in [0.05, 0.1) is 6.61 Å². The highest BCUT2D eigenvalue weighted by Gasteiger charge is 2.15. The number of benzene rings is 1. The van der Waals surface area contributed by atoms with Gasteiger partial charge in [0.15, 0.2) is 0 Å². The Kier molecular flexibility index (Phi) is 4.76. The molecule has 1 amide bonds. The molecule has 5 heteroatoms. The van der Waals surface area contributed by atoms with E-state index >= 15 is 0 Å². The number of amides is 1. The minimum atomic E-state index is -0.128. The zero-order valence-corrected chi connectivity index (χ0v) is 13.3. The van der Waals surface area contributed by atoms with Gasteiger partial charge in [-0.3, -0.25) is 4.79 Å². The van der Waals surface area contributed by atoms with Crippen LogP contribution in [0.25, 0.3) is 0 Å². The molecule has 0 bridgehead atoms. The highest BCUT2D eigenvalue weighted by atomic mass is 16.5. The average molecular weight is 311 g/mol. The van der Waals surface area contributed by atoms with Crippen molar-refractivity contribution in [3.63, 3.8) is 0 Å². The molecule has 1 aliphatic rings. The largest absolute Gasteiger partial charge is 0.494 e. The van der Waals surface area contributed by atoms with Crippen molar-refractivity contribution in [3.05, 3.63) is 48.2 Å². The second-order valence-corrected chi connectivity index (χ2v) is 5.51. The fourth-order valence-corrected chi connectivity index (χ4v) is 2.68. The summed E-state index contributed by atoms with van der Waals surface area (Å²) in [5.74, 6) is 1.55. The van der Waals surface area contributed by atoms with Gasteiger partial charge in [-0.25, -0.2) is 4.98 Å². The molecule has 5 nitrogen and oxygen atoms in total. The molecule has 1 N–H and O–H groups in total. The third-order valence-electron chi connectivity index (χ3n) is 3.86. The van der Waals surface area contributed by atoms with E-state index in [-0.39, 0.29) is 5.91 Å². The number of pyridine rings is 1. The summed E-state index contributed by atoms with van der Waals surface area (Å²) in [6.07, 6.45) is 4.06. The zero-order valence-electron chi connectivity index (χ0n) is 13.3. The molecule has 0 radical (unpaired) electrons. The van der Waals surface area contributed by atoms with E-state index in [1.54, 1.807) is 12.3 Å². The highest BCUT2D eigenvalue weighted by molar-refractivity contribution is 6.04. The van der Waals surface area contributed by atoms with E-state index in [4.69, 9.17) is 4.74 Å². The normalized spacial score (nSPS) is 13.9. The molecule has 0 saturated carbocycles. The van der Waals surface area contributed by atoms with Gasteiger partial charge in [-0.2, -0.15) is 0 Å². The van der Waals surface area contributed by atoms with E-state index in [1.165, 1.54) is 12.8 Å². The van der Waals surface area contributed by atoms with E-state index in [0.717, 1.165) is 30.3 Å². The summed E-state index contributed by atoms with van der Waals surface area (Å²) < 4.78 is 5.40. The predicted molar refractivity (Wildman–Crippen MR) is 91.2 cm³/mol. The minimum absolute atomic E-state index is 0.128. The number of nitrogens with zero attached hydrogens (tertiary/aromatic N) is 2. The van der Waals surface area contributed by atoms with Gasteiger partial charge in [0.1, 0.15) is 11.6 Å². The fraction of sp³-hybridized carbons (Fsp3) is 0.333. The molecule has 1 aromatic carbocycles.